The summed E-state index contributed by atoms with van der Waals surface area (Å²) in [5.74, 6) is 0.369. The highest BCUT2D eigenvalue weighted by atomic mass is 32.2. The Hall–Kier alpha value is -2.53. The largest absolute Gasteiger partial charge is 0.497 e. The molecule has 0 aliphatic rings. The maximum atomic E-state index is 13.2. The number of hydrogen-bond donors (Lipinski definition) is 1. The van der Waals surface area contributed by atoms with Crippen molar-refractivity contribution >= 4 is 34.0 Å². The third-order valence-electron chi connectivity index (χ3n) is 3.95. The number of thioether (sulfide) groups is 1. The van der Waals surface area contributed by atoms with E-state index in [0.29, 0.717) is 27.2 Å². The second kappa shape index (κ2) is 8.46. The lowest BCUT2D eigenvalue weighted by molar-refractivity contribution is -0.141. The van der Waals surface area contributed by atoms with E-state index in [1.165, 1.54) is 7.11 Å². The number of methoxy groups -OCH3 is 1. The molecule has 2 heterocycles. The molecule has 0 saturated carbocycles. The highest BCUT2D eigenvalue weighted by molar-refractivity contribution is 7.99. The lowest BCUT2D eigenvalue weighted by atomic mass is 10.2. The summed E-state index contributed by atoms with van der Waals surface area (Å²) in [5, 5.41) is 3.52. The van der Waals surface area contributed by atoms with Gasteiger partial charge in [-0.05, 0) is 23.4 Å². The molecule has 1 N–H and O–H groups in total. The first-order valence-corrected chi connectivity index (χ1v) is 10.3. The summed E-state index contributed by atoms with van der Waals surface area (Å²) in [6.07, 6.45) is -4.74. The van der Waals surface area contributed by atoms with E-state index in [1.807, 2.05) is 0 Å². The maximum absolute atomic E-state index is 13.2. The fourth-order valence-electron chi connectivity index (χ4n) is 2.58. The van der Waals surface area contributed by atoms with Crippen LogP contribution in [0.5, 0.6) is 5.75 Å². The van der Waals surface area contributed by atoms with Gasteiger partial charge in [-0.2, -0.15) is 13.2 Å². The summed E-state index contributed by atoms with van der Waals surface area (Å²) >= 11 is 1.83. The monoisotopic (exact) mass is 443 g/mol. The fraction of sp³-hybridized carbons (Fsp3) is 0.278. The van der Waals surface area contributed by atoms with E-state index >= 15 is 0 Å². The van der Waals surface area contributed by atoms with Gasteiger partial charge >= 0.3 is 6.18 Å². The molecule has 29 heavy (non-hydrogen) atoms. The molecule has 11 heteroatoms. The Morgan fingerprint density at radius 3 is 2.59 bits per heavy atom. The SMILES string of the molecule is CCSc1nc2scc(C(F)(F)F)n2c(=O)c1C(=O)NCc1ccc(OC)cc1. The van der Waals surface area contributed by atoms with Crippen LogP contribution >= 0.6 is 23.1 Å². The molecule has 2 aromatic heterocycles. The summed E-state index contributed by atoms with van der Waals surface area (Å²) in [7, 11) is 1.53. The van der Waals surface area contributed by atoms with Gasteiger partial charge in [0.15, 0.2) is 4.96 Å². The van der Waals surface area contributed by atoms with Crippen molar-refractivity contribution in [1.82, 2.24) is 14.7 Å². The van der Waals surface area contributed by atoms with Crippen molar-refractivity contribution in [2.75, 3.05) is 12.9 Å². The second-order valence-electron chi connectivity index (χ2n) is 5.80. The number of ether oxygens (including phenoxy) is 1. The molecule has 6 nitrogen and oxygen atoms in total. The van der Waals surface area contributed by atoms with Gasteiger partial charge in [0.1, 0.15) is 22.0 Å². The molecule has 0 spiro atoms. The number of amides is 1. The lowest BCUT2D eigenvalue weighted by Gasteiger charge is -2.11. The molecule has 3 aromatic rings. The van der Waals surface area contributed by atoms with E-state index < -0.39 is 28.9 Å². The van der Waals surface area contributed by atoms with E-state index in [2.05, 4.69) is 10.3 Å². The number of hydrogen-bond acceptors (Lipinski definition) is 6. The van der Waals surface area contributed by atoms with Crippen molar-refractivity contribution in [2.24, 2.45) is 0 Å². The van der Waals surface area contributed by atoms with E-state index in [0.717, 1.165) is 22.7 Å². The van der Waals surface area contributed by atoms with Crippen LogP contribution in [0, 0.1) is 0 Å². The van der Waals surface area contributed by atoms with Crippen LogP contribution in [0.25, 0.3) is 4.96 Å². The van der Waals surface area contributed by atoms with Gasteiger partial charge in [-0.1, -0.05) is 19.1 Å². The number of benzene rings is 1. The van der Waals surface area contributed by atoms with Crippen LogP contribution in [-0.2, 0) is 12.7 Å². The molecular weight excluding hydrogens is 427 g/mol. The van der Waals surface area contributed by atoms with E-state index in [1.54, 1.807) is 31.2 Å². The molecule has 0 unspecified atom stereocenters. The molecule has 1 aromatic carbocycles. The first-order chi connectivity index (χ1) is 13.8. The molecule has 0 fully saturated rings. The number of fused-ring (bicyclic) bond motifs is 1. The zero-order valence-corrected chi connectivity index (χ0v) is 17.0. The molecule has 3 rings (SSSR count). The minimum absolute atomic E-state index is 0.0942. The van der Waals surface area contributed by atoms with Crippen LogP contribution in [0.2, 0.25) is 0 Å². The van der Waals surface area contributed by atoms with E-state index in [4.69, 9.17) is 4.74 Å². The average Bonchev–Trinajstić information content (AvgIpc) is 3.12. The molecular formula is C18H16F3N3O3S2. The van der Waals surface area contributed by atoms with Gasteiger partial charge in [0.2, 0.25) is 0 Å². The topological polar surface area (TPSA) is 72.7 Å². The lowest BCUT2D eigenvalue weighted by Crippen LogP contribution is -2.33. The molecule has 0 bridgehead atoms. The minimum Gasteiger partial charge on any atom is -0.497 e. The number of aromatic nitrogens is 2. The predicted molar refractivity (Wildman–Crippen MR) is 105 cm³/mol. The van der Waals surface area contributed by atoms with Crippen LogP contribution in [-0.4, -0.2) is 28.2 Å². The van der Waals surface area contributed by atoms with Crippen LogP contribution in [0.15, 0.2) is 39.5 Å². The third-order valence-corrected chi connectivity index (χ3v) is 5.63. The molecule has 0 aliphatic carbocycles. The summed E-state index contributed by atoms with van der Waals surface area (Å²) in [4.78, 5) is 29.6. The summed E-state index contributed by atoms with van der Waals surface area (Å²) in [6.45, 7) is 1.89. The number of alkyl halides is 3. The van der Waals surface area contributed by atoms with Gasteiger partial charge in [-0.25, -0.2) is 9.38 Å². The first kappa shape index (κ1) is 21.2. The number of thiazole rings is 1. The number of carbonyl (C=O) groups excluding carboxylic acids is 1. The zero-order chi connectivity index (χ0) is 21.2. The Bertz CT molecular complexity index is 1090. The van der Waals surface area contributed by atoms with Crippen molar-refractivity contribution < 1.29 is 22.7 Å². The number of halogens is 3. The van der Waals surface area contributed by atoms with Gasteiger partial charge in [-0.3, -0.25) is 9.59 Å². The summed E-state index contributed by atoms with van der Waals surface area (Å²) in [6, 6.07) is 6.89. The molecule has 0 aliphatic heterocycles. The Morgan fingerprint density at radius 2 is 2.00 bits per heavy atom. The van der Waals surface area contributed by atoms with Gasteiger partial charge < -0.3 is 10.1 Å². The van der Waals surface area contributed by atoms with Gasteiger partial charge in [-0.15, -0.1) is 23.1 Å². The van der Waals surface area contributed by atoms with Crippen LogP contribution in [0.4, 0.5) is 13.2 Å². The second-order valence-corrected chi connectivity index (χ2v) is 7.89. The van der Waals surface area contributed by atoms with Gasteiger partial charge in [0.05, 0.1) is 7.11 Å². The van der Waals surface area contributed by atoms with Crippen LogP contribution in [0.1, 0.15) is 28.5 Å². The van der Waals surface area contributed by atoms with Crippen molar-refractivity contribution in [3.8, 4) is 5.75 Å². The van der Waals surface area contributed by atoms with Crippen molar-refractivity contribution in [3.05, 3.63) is 56.8 Å². The van der Waals surface area contributed by atoms with Crippen LogP contribution < -0.4 is 15.6 Å². The van der Waals surface area contributed by atoms with E-state index in [9.17, 15) is 22.8 Å². The highest BCUT2D eigenvalue weighted by Crippen LogP contribution is 2.32. The van der Waals surface area contributed by atoms with Gasteiger partial charge in [0, 0.05) is 11.9 Å². The third kappa shape index (κ3) is 4.40. The smallest absolute Gasteiger partial charge is 0.432 e. The maximum Gasteiger partial charge on any atom is 0.432 e. The van der Waals surface area contributed by atoms with Crippen molar-refractivity contribution in [3.63, 3.8) is 0 Å². The number of nitrogens with one attached hydrogen (secondary N) is 1. The molecule has 154 valence electrons. The van der Waals surface area contributed by atoms with E-state index in [-0.39, 0.29) is 16.5 Å². The summed E-state index contributed by atoms with van der Waals surface area (Å²) in [5.41, 5.74) is -1.84. The summed E-state index contributed by atoms with van der Waals surface area (Å²) < 4.78 is 45.3. The Labute approximate surface area is 171 Å². The molecule has 0 saturated heterocycles. The Balaban J connectivity index is 1.98. The first-order valence-electron chi connectivity index (χ1n) is 8.41. The average molecular weight is 443 g/mol. The fourth-order valence-corrected chi connectivity index (χ4v) is 4.27. The highest BCUT2D eigenvalue weighted by Gasteiger charge is 2.36. The normalized spacial score (nSPS) is 11.6. The predicted octanol–water partition coefficient (Wildman–Crippen LogP) is 3.83. The standard InChI is InChI=1S/C18H16F3N3O3S2/c1-3-28-15-13(14(25)22-8-10-4-6-11(27-2)7-5-10)16(26)24-12(18(19,20)21)9-29-17(24)23-15/h4-7,9H,3,8H2,1-2H3,(H,22,25). The Morgan fingerprint density at radius 1 is 1.31 bits per heavy atom. The van der Waals surface area contributed by atoms with Crippen molar-refractivity contribution in [1.29, 1.82) is 0 Å². The van der Waals surface area contributed by atoms with Crippen molar-refractivity contribution in [2.45, 2.75) is 24.7 Å². The van der Waals surface area contributed by atoms with Gasteiger partial charge in [0.25, 0.3) is 11.5 Å². The quantitative estimate of drug-likeness (QED) is 0.463. The van der Waals surface area contributed by atoms with Crippen LogP contribution in [0.3, 0.4) is 0 Å². The number of rotatable bonds is 6. The molecule has 0 atom stereocenters. The Kier molecular flexibility index (Phi) is 6.18. The molecule has 0 radical (unpaired) electrons. The number of carbonyl (C=O) groups is 1. The molecule has 1 amide bonds. The number of nitrogens with zero attached hydrogens (tertiary/aromatic N) is 2. The zero-order valence-electron chi connectivity index (χ0n) is 15.4. The minimum atomic E-state index is -4.74.